The number of aliphatic hydroxyl groups excluding tert-OH is 2. The summed E-state index contributed by atoms with van der Waals surface area (Å²) in [6, 6.07) is 0. The van der Waals surface area contributed by atoms with Gasteiger partial charge in [-0.1, -0.05) is 6.92 Å². The van der Waals surface area contributed by atoms with Gasteiger partial charge in [-0.05, 0) is 15.9 Å². The molecule has 8 nitrogen and oxygen atoms in total. The van der Waals surface area contributed by atoms with E-state index in [1.165, 1.54) is 6.33 Å². The molecule has 4 N–H and O–H groups in total. The Morgan fingerprint density at radius 3 is 2.90 bits per heavy atom. The van der Waals surface area contributed by atoms with Gasteiger partial charge in [0, 0.05) is 5.92 Å². The Morgan fingerprint density at radius 1 is 1.50 bits per heavy atom. The number of aromatic nitrogens is 4. The second-order valence-electron chi connectivity index (χ2n) is 4.78. The van der Waals surface area contributed by atoms with Crippen molar-refractivity contribution in [2.45, 2.75) is 25.4 Å². The summed E-state index contributed by atoms with van der Waals surface area (Å²) in [5.41, 5.74) is 6.76. The van der Waals surface area contributed by atoms with E-state index < -0.39 is 18.4 Å². The average Bonchev–Trinajstić information content (AvgIpc) is 2.90. The van der Waals surface area contributed by atoms with Gasteiger partial charge in [0.1, 0.15) is 18.7 Å². The molecule has 2 aromatic heterocycles. The van der Waals surface area contributed by atoms with Crippen LogP contribution in [0.4, 0.5) is 5.82 Å². The molecule has 9 heteroatoms. The average molecular weight is 344 g/mol. The molecular weight excluding hydrogens is 330 g/mol. The molecule has 1 fully saturated rings. The van der Waals surface area contributed by atoms with Crippen LogP contribution in [0.2, 0.25) is 0 Å². The number of nitrogens with zero attached hydrogens (tertiary/aromatic N) is 4. The molecule has 0 aliphatic carbocycles. The van der Waals surface area contributed by atoms with Crippen LogP contribution in [0, 0.1) is 5.92 Å². The van der Waals surface area contributed by atoms with Gasteiger partial charge in [-0.2, -0.15) is 0 Å². The van der Waals surface area contributed by atoms with Crippen molar-refractivity contribution in [2.24, 2.45) is 5.92 Å². The van der Waals surface area contributed by atoms with Crippen molar-refractivity contribution < 1.29 is 14.9 Å². The SMILES string of the molecule is CC1[C@@H](O)C(CO)O[C@H]1n1c(Br)nc2c(N)ncnc21. The molecular formula is C11H14BrN5O3. The van der Waals surface area contributed by atoms with E-state index in [1.807, 2.05) is 6.92 Å². The van der Waals surface area contributed by atoms with E-state index in [2.05, 4.69) is 30.9 Å². The molecule has 0 aromatic carbocycles. The van der Waals surface area contributed by atoms with Crippen LogP contribution in [0.5, 0.6) is 0 Å². The van der Waals surface area contributed by atoms with Crippen LogP contribution in [0.25, 0.3) is 11.2 Å². The van der Waals surface area contributed by atoms with E-state index in [0.29, 0.717) is 15.9 Å². The van der Waals surface area contributed by atoms with Crippen LogP contribution in [0.15, 0.2) is 11.1 Å². The Balaban J connectivity index is 2.11. The number of aliphatic hydroxyl groups is 2. The van der Waals surface area contributed by atoms with Gasteiger partial charge in [0.15, 0.2) is 21.7 Å². The lowest BCUT2D eigenvalue weighted by atomic mass is 10.0. The maximum absolute atomic E-state index is 10.1. The third kappa shape index (κ3) is 1.89. The van der Waals surface area contributed by atoms with Crippen LogP contribution < -0.4 is 5.73 Å². The highest BCUT2D eigenvalue weighted by atomic mass is 79.9. The lowest BCUT2D eigenvalue weighted by molar-refractivity contribution is -0.0454. The minimum absolute atomic E-state index is 0.225. The molecule has 4 atom stereocenters. The van der Waals surface area contributed by atoms with Crippen molar-refractivity contribution in [1.29, 1.82) is 0 Å². The van der Waals surface area contributed by atoms with Crippen LogP contribution in [0.1, 0.15) is 13.2 Å². The first kappa shape index (κ1) is 13.7. The predicted molar refractivity (Wildman–Crippen MR) is 73.6 cm³/mol. The summed E-state index contributed by atoms with van der Waals surface area (Å²) in [4.78, 5) is 12.3. The van der Waals surface area contributed by atoms with Crippen LogP contribution in [-0.2, 0) is 4.74 Å². The Labute approximate surface area is 122 Å². The van der Waals surface area contributed by atoms with Crippen molar-refractivity contribution in [3.63, 3.8) is 0 Å². The molecule has 1 aliphatic heterocycles. The van der Waals surface area contributed by atoms with Gasteiger partial charge >= 0.3 is 0 Å². The Bertz CT molecular complexity index is 648. The summed E-state index contributed by atoms with van der Waals surface area (Å²) < 4.78 is 7.89. The summed E-state index contributed by atoms with van der Waals surface area (Å²) >= 11 is 3.35. The minimum Gasteiger partial charge on any atom is -0.394 e. The Morgan fingerprint density at radius 2 is 2.25 bits per heavy atom. The fourth-order valence-electron chi connectivity index (χ4n) is 2.46. The molecule has 2 aromatic rings. The zero-order valence-electron chi connectivity index (χ0n) is 10.6. The van der Waals surface area contributed by atoms with Crippen molar-refractivity contribution in [2.75, 3.05) is 12.3 Å². The van der Waals surface area contributed by atoms with Crippen LogP contribution in [-0.4, -0.2) is 48.5 Å². The van der Waals surface area contributed by atoms with Crippen LogP contribution >= 0.6 is 15.9 Å². The van der Waals surface area contributed by atoms with E-state index in [0.717, 1.165) is 0 Å². The fraction of sp³-hybridized carbons (Fsp3) is 0.545. The first-order valence-electron chi connectivity index (χ1n) is 6.13. The van der Waals surface area contributed by atoms with Gasteiger partial charge in [-0.15, -0.1) is 0 Å². The van der Waals surface area contributed by atoms with E-state index in [9.17, 15) is 10.2 Å². The third-order valence-electron chi connectivity index (χ3n) is 3.58. The first-order valence-corrected chi connectivity index (χ1v) is 6.92. The second-order valence-corrected chi connectivity index (χ2v) is 5.49. The lowest BCUT2D eigenvalue weighted by Gasteiger charge is -2.18. The number of fused-ring (bicyclic) bond motifs is 1. The Kier molecular flexibility index (Phi) is 3.36. The van der Waals surface area contributed by atoms with Crippen molar-refractivity contribution in [1.82, 2.24) is 19.5 Å². The maximum Gasteiger partial charge on any atom is 0.181 e. The van der Waals surface area contributed by atoms with Gasteiger partial charge in [-0.25, -0.2) is 15.0 Å². The second kappa shape index (κ2) is 4.92. The zero-order valence-corrected chi connectivity index (χ0v) is 12.2. The monoisotopic (exact) mass is 343 g/mol. The van der Waals surface area contributed by atoms with Gasteiger partial charge in [0.25, 0.3) is 0 Å². The zero-order chi connectivity index (χ0) is 14.4. The largest absolute Gasteiger partial charge is 0.394 e. The fourth-order valence-corrected chi connectivity index (χ4v) is 3.01. The van der Waals surface area contributed by atoms with E-state index in [4.69, 9.17) is 10.5 Å². The number of rotatable bonds is 2. The quantitative estimate of drug-likeness (QED) is 0.659. The highest BCUT2D eigenvalue weighted by Crippen LogP contribution is 2.38. The maximum atomic E-state index is 10.1. The van der Waals surface area contributed by atoms with Gasteiger partial charge in [0.2, 0.25) is 0 Å². The Hall–Kier alpha value is -1.29. The van der Waals surface area contributed by atoms with Gasteiger partial charge in [0.05, 0.1) is 12.7 Å². The number of anilines is 1. The number of hydrogen-bond donors (Lipinski definition) is 3. The summed E-state index contributed by atoms with van der Waals surface area (Å²) in [5.74, 6) is 0.0522. The van der Waals surface area contributed by atoms with E-state index in [-0.39, 0.29) is 18.3 Å². The highest BCUT2D eigenvalue weighted by molar-refractivity contribution is 9.10. The molecule has 0 spiro atoms. The molecule has 108 valence electrons. The first-order chi connectivity index (χ1) is 9.54. The number of ether oxygens (including phenoxy) is 1. The summed E-state index contributed by atoms with van der Waals surface area (Å²) in [6.45, 7) is 1.59. The number of halogens is 1. The molecule has 0 amide bonds. The summed E-state index contributed by atoms with van der Waals surface area (Å²) in [5, 5.41) is 19.3. The van der Waals surface area contributed by atoms with E-state index in [1.54, 1.807) is 4.57 Å². The summed E-state index contributed by atoms with van der Waals surface area (Å²) in [7, 11) is 0. The molecule has 0 bridgehead atoms. The van der Waals surface area contributed by atoms with Crippen molar-refractivity contribution >= 4 is 32.9 Å². The lowest BCUT2D eigenvalue weighted by Crippen LogP contribution is -2.28. The summed E-state index contributed by atoms with van der Waals surface area (Å²) in [6.07, 6.45) is -0.523. The number of nitrogen functional groups attached to an aromatic ring is 1. The third-order valence-corrected chi connectivity index (χ3v) is 4.14. The molecule has 3 heterocycles. The number of nitrogens with two attached hydrogens (primary N) is 1. The highest BCUT2D eigenvalue weighted by Gasteiger charge is 2.42. The molecule has 20 heavy (non-hydrogen) atoms. The molecule has 0 saturated carbocycles. The molecule has 1 aliphatic rings. The normalized spacial score (nSPS) is 30.2. The molecule has 1 saturated heterocycles. The topological polar surface area (TPSA) is 119 Å². The van der Waals surface area contributed by atoms with Crippen LogP contribution in [0.3, 0.4) is 0 Å². The molecule has 2 unspecified atom stereocenters. The van der Waals surface area contributed by atoms with E-state index >= 15 is 0 Å². The predicted octanol–water partition coefficient (Wildman–Crippen LogP) is 0.0577. The smallest absolute Gasteiger partial charge is 0.181 e. The van der Waals surface area contributed by atoms with Gasteiger partial charge in [-0.3, -0.25) is 4.57 Å². The number of hydrogen-bond acceptors (Lipinski definition) is 7. The van der Waals surface area contributed by atoms with Crippen molar-refractivity contribution in [3.05, 3.63) is 11.1 Å². The standard InChI is InChI=1S/C11H14BrN5O3/c1-4-7(19)5(2-18)20-10(4)17-9-6(16-11(17)12)8(13)14-3-15-9/h3-5,7,10,18-19H,2H2,1H3,(H2,13,14,15)/t4?,5?,7-,10-/m1/s1. The van der Waals surface area contributed by atoms with Gasteiger partial charge < -0.3 is 20.7 Å². The molecule has 0 radical (unpaired) electrons. The van der Waals surface area contributed by atoms with Crippen molar-refractivity contribution in [3.8, 4) is 0 Å². The number of imidazole rings is 1. The minimum atomic E-state index is -0.756. The molecule has 3 rings (SSSR count).